The molecule has 0 spiro atoms. The van der Waals surface area contributed by atoms with Gasteiger partial charge in [-0.2, -0.15) is 0 Å². The third kappa shape index (κ3) is 5.33. The van der Waals surface area contributed by atoms with Crippen molar-refractivity contribution < 1.29 is 9.53 Å². The molecule has 0 aliphatic carbocycles. The Morgan fingerprint density at radius 2 is 1.88 bits per heavy atom. The third-order valence-electron chi connectivity index (χ3n) is 4.85. The molecule has 2 aromatic rings. The number of likely N-dealkylation sites (tertiary alicyclic amines) is 1. The molecule has 138 valence electrons. The molecule has 1 amide bonds. The van der Waals surface area contributed by atoms with Crippen LogP contribution in [0.4, 0.5) is 0 Å². The Hall–Kier alpha value is -2.33. The second kappa shape index (κ2) is 8.86. The Kier molecular flexibility index (Phi) is 6.29. The van der Waals surface area contributed by atoms with Gasteiger partial charge < -0.3 is 10.1 Å². The van der Waals surface area contributed by atoms with Gasteiger partial charge in [0.25, 0.3) is 5.91 Å². The van der Waals surface area contributed by atoms with Gasteiger partial charge in [0, 0.05) is 25.7 Å². The zero-order chi connectivity index (χ0) is 18.4. The molecule has 1 heterocycles. The standard InChI is InChI=1S/C22H28N2O2/c1-17-7-6-10-21(15-17)26-18(2)22(25)23-20-11-13-24(14-12-20)16-19-8-4-3-5-9-19/h3-10,15,18,20H,11-14,16H2,1-2H3,(H,23,25). The number of aryl methyl sites for hydroxylation is 1. The number of carbonyl (C=O) groups excluding carboxylic acids is 1. The van der Waals surface area contributed by atoms with Crippen LogP contribution in [0.25, 0.3) is 0 Å². The Morgan fingerprint density at radius 3 is 2.58 bits per heavy atom. The summed E-state index contributed by atoms with van der Waals surface area (Å²) < 4.78 is 5.78. The van der Waals surface area contributed by atoms with E-state index in [-0.39, 0.29) is 11.9 Å². The Morgan fingerprint density at radius 1 is 1.15 bits per heavy atom. The van der Waals surface area contributed by atoms with Gasteiger partial charge in [0.15, 0.2) is 6.10 Å². The average Bonchev–Trinajstić information content (AvgIpc) is 2.64. The van der Waals surface area contributed by atoms with Crippen LogP contribution in [0.5, 0.6) is 5.75 Å². The van der Waals surface area contributed by atoms with Crippen LogP contribution in [0.1, 0.15) is 30.9 Å². The number of carbonyl (C=O) groups is 1. The molecule has 1 aliphatic heterocycles. The maximum atomic E-state index is 12.4. The van der Waals surface area contributed by atoms with E-state index in [4.69, 9.17) is 4.74 Å². The third-order valence-corrected chi connectivity index (χ3v) is 4.85. The van der Waals surface area contributed by atoms with Crippen LogP contribution < -0.4 is 10.1 Å². The molecule has 3 rings (SSSR count). The van der Waals surface area contributed by atoms with Crippen LogP contribution in [0, 0.1) is 6.92 Å². The van der Waals surface area contributed by atoms with Gasteiger partial charge >= 0.3 is 0 Å². The molecule has 4 nitrogen and oxygen atoms in total. The van der Waals surface area contributed by atoms with Crippen LogP contribution in [-0.2, 0) is 11.3 Å². The Labute approximate surface area is 156 Å². The molecular formula is C22H28N2O2. The molecule has 1 atom stereocenters. The summed E-state index contributed by atoms with van der Waals surface area (Å²) >= 11 is 0. The van der Waals surface area contributed by atoms with E-state index in [1.165, 1.54) is 5.56 Å². The van der Waals surface area contributed by atoms with Crippen LogP contribution in [-0.4, -0.2) is 36.0 Å². The zero-order valence-electron chi connectivity index (χ0n) is 15.7. The summed E-state index contributed by atoms with van der Waals surface area (Å²) in [5.74, 6) is 0.707. The maximum absolute atomic E-state index is 12.4. The van der Waals surface area contributed by atoms with Crippen molar-refractivity contribution in [2.24, 2.45) is 0 Å². The van der Waals surface area contributed by atoms with Crippen LogP contribution in [0.3, 0.4) is 0 Å². The first-order valence-corrected chi connectivity index (χ1v) is 9.40. The molecule has 1 saturated heterocycles. The Balaban J connectivity index is 1.42. The molecule has 1 fully saturated rings. The topological polar surface area (TPSA) is 41.6 Å². The molecule has 1 N–H and O–H groups in total. The van der Waals surface area contributed by atoms with E-state index >= 15 is 0 Å². The smallest absolute Gasteiger partial charge is 0.260 e. The molecular weight excluding hydrogens is 324 g/mol. The highest BCUT2D eigenvalue weighted by molar-refractivity contribution is 5.81. The fourth-order valence-corrected chi connectivity index (χ4v) is 3.34. The van der Waals surface area contributed by atoms with Crippen molar-refractivity contribution in [2.45, 2.75) is 45.4 Å². The highest BCUT2D eigenvalue weighted by Crippen LogP contribution is 2.16. The van der Waals surface area contributed by atoms with Gasteiger partial charge in [-0.25, -0.2) is 0 Å². The van der Waals surface area contributed by atoms with Crippen molar-refractivity contribution in [3.8, 4) is 5.75 Å². The van der Waals surface area contributed by atoms with Crippen molar-refractivity contribution in [1.29, 1.82) is 0 Å². The van der Waals surface area contributed by atoms with Gasteiger partial charge in [-0.15, -0.1) is 0 Å². The molecule has 0 radical (unpaired) electrons. The minimum absolute atomic E-state index is 0.0342. The van der Waals surface area contributed by atoms with E-state index in [9.17, 15) is 4.79 Å². The molecule has 2 aromatic carbocycles. The van der Waals surface area contributed by atoms with E-state index in [1.54, 1.807) is 0 Å². The molecule has 0 bridgehead atoms. The van der Waals surface area contributed by atoms with Gasteiger partial charge in [-0.05, 0) is 49.9 Å². The number of rotatable bonds is 6. The van der Waals surface area contributed by atoms with E-state index in [1.807, 2.05) is 44.2 Å². The minimum Gasteiger partial charge on any atom is -0.481 e. The number of nitrogens with one attached hydrogen (secondary N) is 1. The molecule has 1 unspecified atom stereocenters. The molecule has 4 heteroatoms. The fourth-order valence-electron chi connectivity index (χ4n) is 3.34. The number of benzene rings is 2. The number of hydrogen-bond donors (Lipinski definition) is 1. The van der Waals surface area contributed by atoms with Crippen molar-refractivity contribution in [1.82, 2.24) is 10.2 Å². The van der Waals surface area contributed by atoms with Crippen LogP contribution >= 0.6 is 0 Å². The first-order chi connectivity index (χ1) is 12.6. The fraction of sp³-hybridized carbons (Fsp3) is 0.409. The summed E-state index contributed by atoms with van der Waals surface area (Å²) in [6, 6.07) is 18.6. The first-order valence-electron chi connectivity index (χ1n) is 9.40. The monoisotopic (exact) mass is 352 g/mol. The van der Waals surface area contributed by atoms with Crippen LogP contribution in [0.15, 0.2) is 54.6 Å². The molecule has 0 saturated carbocycles. The summed E-state index contributed by atoms with van der Waals surface area (Å²) in [5, 5.41) is 3.15. The molecule has 26 heavy (non-hydrogen) atoms. The van der Waals surface area contributed by atoms with Crippen molar-refractivity contribution in [3.63, 3.8) is 0 Å². The summed E-state index contributed by atoms with van der Waals surface area (Å²) in [5.41, 5.74) is 2.47. The van der Waals surface area contributed by atoms with E-state index in [0.717, 1.165) is 43.8 Å². The normalized spacial score (nSPS) is 16.8. The number of hydrogen-bond acceptors (Lipinski definition) is 3. The number of amides is 1. The minimum atomic E-state index is -0.487. The van der Waals surface area contributed by atoms with E-state index < -0.39 is 6.10 Å². The van der Waals surface area contributed by atoms with Gasteiger partial charge in [0.2, 0.25) is 0 Å². The summed E-state index contributed by atoms with van der Waals surface area (Å²) in [6.07, 6.45) is 1.48. The zero-order valence-corrected chi connectivity index (χ0v) is 15.7. The molecule has 0 aromatic heterocycles. The summed E-state index contributed by atoms with van der Waals surface area (Å²) in [6.45, 7) is 6.82. The quantitative estimate of drug-likeness (QED) is 0.864. The summed E-state index contributed by atoms with van der Waals surface area (Å²) in [7, 11) is 0. The van der Waals surface area contributed by atoms with Gasteiger partial charge in [-0.3, -0.25) is 9.69 Å². The van der Waals surface area contributed by atoms with Crippen LogP contribution in [0.2, 0.25) is 0 Å². The Bertz CT molecular complexity index is 709. The maximum Gasteiger partial charge on any atom is 0.260 e. The van der Waals surface area contributed by atoms with Crippen molar-refractivity contribution in [2.75, 3.05) is 13.1 Å². The lowest BCUT2D eigenvalue weighted by Gasteiger charge is -2.32. The highest BCUT2D eigenvalue weighted by atomic mass is 16.5. The predicted octanol–water partition coefficient (Wildman–Crippen LogP) is 3.54. The lowest BCUT2D eigenvalue weighted by Crippen LogP contribution is -2.47. The van der Waals surface area contributed by atoms with Crippen molar-refractivity contribution in [3.05, 3.63) is 65.7 Å². The van der Waals surface area contributed by atoms with Crippen molar-refractivity contribution >= 4 is 5.91 Å². The SMILES string of the molecule is Cc1cccc(OC(C)C(=O)NC2CCN(Cc3ccccc3)CC2)c1. The lowest BCUT2D eigenvalue weighted by molar-refractivity contribution is -0.128. The number of nitrogens with zero attached hydrogens (tertiary/aromatic N) is 1. The van der Waals surface area contributed by atoms with E-state index in [0.29, 0.717) is 0 Å². The average molecular weight is 352 g/mol. The lowest BCUT2D eigenvalue weighted by atomic mass is 10.0. The number of piperidine rings is 1. The molecule has 1 aliphatic rings. The summed E-state index contributed by atoms with van der Waals surface area (Å²) in [4.78, 5) is 14.9. The highest BCUT2D eigenvalue weighted by Gasteiger charge is 2.23. The van der Waals surface area contributed by atoms with Gasteiger partial charge in [-0.1, -0.05) is 42.5 Å². The second-order valence-corrected chi connectivity index (χ2v) is 7.12. The number of ether oxygens (including phenoxy) is 1. The van der Waals surface area contributed by atoms with Gasteiger partial charge in [0.05, 0.1) is 0 Å². The second-order valence-electron chi connectivity index (χ2n) is 7.12. The van der Waals surface area contributed by atoms with E-state index in [2.05, 4.69) is 34.5 Å². The largest absolute Gasteiger partial charge is 0.481 e. The van der Waals surface area contributed by atoms with Gasteiger partial charge in [0.1, 0.15) is 5.75 Å². The predicted molar refractivity (Wildman–Crippen MR) is 104 cm³/mol. The first kappa shape index (κ1) is 18.5.